The molecule has 0 saturated carbocycles. The fourth-order valence-electron chi connectivity index (χ4n) is 2.95. The van der Waals surface area contributed by atoms with Crippen LogP contribution in [0.4, 0.5) is 11.4 Å². The van der Waals surface area contributed by atoms with Crippen molar-refractivity contribution < 1.29 is 9.53 Å². The van der Waals surface area contributed by atoms with Crippen LogP contribution in [-0.4, -0.2) is 19.7 Å². The molecule has 0 radical (unpaired) electrons. The van der Waals surface area contributed by atoms with Crippen LogP contribution < -0.4 is 30.6 Å². The summed E-state index contributed by atoms with van der Waals surface area (Å²) in [4.78, 5) is 19.0. The Balaban J connectivity index is 1.54. The quantitative estimate of drug-likeness (QED) is 0.729. The Hall–Kier alpha value is -3.32. The maximum Gasteiger partial charge on any atom is 0.259 e. The minimum atomic E-state index is -0.220. The average Bonchev–Trinajstić information content (AvgIpc) is 3.19. The number of anilines is 2. The molecule has 136 valence electrons. The number of hydrogen-bond acceptors (Lipinski definition) is 6. The molecule has 27 heavy (non-hydrogen) atoms. The first-order valence-corrected chi connectivity index (χ1v) is 9.25. The molecule has 0 unspecified atom stereocenters. The van der Waals surface area contributed by atoms with Gasteiger partial charge in [0.2, 0.25) is 0 Å². The summed E-state index contributed by atoms with van der Waals surface area (Å²) < 4.78 is 6.21. The van der Waals surface area contributed by atoms with E-state index in [1.54, 1.807) is 36.6 Å². The number of carbonyl (C=O) groups is 1. The van der Waals surface area contributed by atoms with E-state index in [0.717, 1.165) is 15.6 Å². The van der Waals surface area contributed by atoms with E-state index >= 15 is 0 Å². The minimum absolute atomic E-state index is 0.220. The predicted octanol–water partition coefficient (Wildman–Crippen LogP) is 2.13. The van der Waals surface area contributed by atoms with Gasteiger partial charge in [-0.2, -0.15) is 0 Å². The first kappa shape index (κ1) is 17.1. The summed E-state index contributed by atoms with van der Waals surface area (Å²) in [5, 5.41) is 5.83. The fraction of sp³-hybridized carbons (Fsp3) is 0.100. The topological polar surface area (TPSA) is 80.0 Å². The summed E-state index contributed by atoms with van der Waals surface area (Å²) in [5.74, 6) is 1.00. The second-order valence-electron chi connectivity index (χ2n) is 5.95. The minimum Gasteiger partial charge on any atom is -0.496 e. The van der Waals surface area contributed by atoms with E-state index < -0.39 is 0 Å². The van der Waals surface area contributed by atoms with Crippen LogP contribution in [0.1, 0.15) is 10.4 Å². The third-order valence-corrected chi connectivity index (χ3v) is 5.20. The SMILES string of the molecule is COc1ccccc1C(=O)Nc1ccc(N2CN=c3sccc3=C2N)cc1. The van der Waals surface area contributed by atoms with Gasteiger partial charge in [0.15, 0.2) is 0 Å². The molecule has 7 heteroatoms. The monoisotopic (exact) mass is 378 g/mol. The lowest BCUT2D eigenvalue weighted by molar-refractivity contribution is 0.102. The van der Waals surface area contributed by atoms with Crippen molar-refractivity contribution in [3.8, 4) is 5.75 Å². The number of hydrogen-bond donors (Lipinski definition) is 2. The Morgan fingerprint density at radius 3 is 2.74 bits per heavy atom. The predicted molar refractivity (Wildman–Crippen MR) is 107 cm³/mol. The van der Waals surface area contributed by atoms with Gasteiger partial charge in [-0.1, -0.05) is 12.1 Å². The number of methoxy groups -OCH3 is 1. The normalized spacial score (nSPS) is 12.9. The molecule has 0 aliphatic carbocycles. The van der Waals surface area contributed by atoms with E-state index in [2.05, 4.69) is 10.3 Å². The lowest BCUT2D eigenvalue weighted by Gasteiger charge is -2.25. The van der Waals surface area contributed by atoms with Crippen molar-refractivity contribution >= 4 is 34.4 Å². The van der Waals surface area contributed by atoms with Crippen molar-refractivity contribution in [2.45, 2.75) is 0 Å². The van der Waals surface area contributed by atoms with Crippen molar-refractivity contribution in [1.29, 1.82) is 0 Å². The van der Waals surface area contributed by atoms with E-state index in [0.29, 0.717) is 29.5 Å². The summed E-state index contributed by atoms with van der Waals surface area (Å²) in [6.45, 7) is 0.478. The zero-order chi connectivity index (χ0) is 18.8. The third-order valence-electron chi connectivity index (χ3n) is 4.36. The molecule has 3 N–H and O–H groups in total. The van der Waals surface area contributed by atoms with E-state index in [-0.39, 0.29) is 5.91 Å². The Morgan fingerprint density at radius 2 is 1.96 bits per heavy atom. The molecule has 2 aromatic carbocycles. The first-order valence-electron chi connectivity index (χ1n) is 8.37. The number of ether oxygens (including phenoxy) is 1. The van der Waals surface area contributed by atoms with Gasteiger partial charge in [0, 0.05) is 11.4 Å². The lowest BCUT2D eigenvalue weighted by Crippen LogP contribution is -2.41. The van der Waals surface area contributed by atoms with Crippen LogP contribution in [0.2, 0.25) is 0 Å². The standard InChI is InChI=1S/C20H18N4O2S/c1-26-17-5-3-2-4-15(17)19(25)23-13-6-8-14(9-7-13)24-12-22-20-16(18(24)21)10-11-27-20/h2-11H,12,21H2,1H3,(H,23,25). The molecule has 1 aliphatic heterocycles. The van der Waals surface area contributed by atoms with Crippen LogP contribution in [-0.2, 0) is 0 Å². The number of carbonyl (C=O) groups excluding carboxylic acids is 1. The summed E-state index contributed by atoms with van der Waals surface area (Å²) in [6, 6.07) is 16.6. The van der Waals surface area contributed by atoms with Crippen molar-refractivity contribution in [1.82, 2.24) is 0 Å². The Morgan fingerprint density at radius 1 is 1.19 bits per heavy atom. The summed E-state index contributed by atoms with van der Waals surface area (Å²) in [7, 11) is 1.55. The molecule has 0 spiro atoms. The van der Waals surface area contributed by atoms with Crippen LogP contribution in [0, 0.1) is 0 Å². The van der Waals surface area contributed by atoms with Gasteiger partial charge in [0.1, 0.15) is 22.9 Å². The van der Waals surface area contributed by atoms with Crippen LogP contribution >= 0.6 is 11.3 Å². The number of nitrogens with two attached hydrogens (primary N) is 1. The molecule has 1 aliphatic rings. The highest BCUT2D eigenvalue weighted by Crippen LogP contribution is 2.23. The van der Waals surface area contributed by atoms with Crippen molar-refractivity contribution in [2.24, 2.45) is 10.7 Å². The molecule has 0 bridgehead atoms. The maximum absolute atomic E-state index is 12.5. The number of fused-ring (bicyclic) bond motifs is 1. The van der Waals surface area contributed by atoms with Crippen LogP contribution in [0.5, 0.6) is 5.75 Å². The van der Waals surface area contributed by atoms with Gasteiger partial charge in [-0.15, -0.1) is 11.3 Å². The zero-order valence-electron chi connectivity index (χ0n) is 14.7. The summed E-state index contributed by atoms with van der Waals surface area (Å²) >= 11 is 1.58. The van der Waals surface area contributed by atoms with Crippen LogP contribution in [0.15, 0.2) is 65.0 Å². The van der Waals surface area contributed by atoms with Crippen molar-refractivity contribution in [3.63, 3.8) is 0 Å². The van der Waals surface area contributed by atoms with Gasteiger partial charge < -0.3 is 20.7 Å². The van der Waals surface area contributed by atoms with E-state index in [9.17, 15) is 4.79 Å². The van der Waals surface area contributed by atoms with Gasteiger partial charge >= 0.3 is 0 Å². The third kappa shape index (κ3) is 3.24. The molecule has 3 aromatic rings. The van der Waals surface area contributed by atoms with Gasteiger partial charge in [0.05, 0.1) is 17.9 Å². The van der Waals surface area contributed by atoms with E-state index in [1.807, 2.05) is 46.7 Å². The number of amides is 1. The number of thiophene rings is 1. The average molecular weight is 378 g/mol. The molecule has 0 fully saturated rings. The Kier molecular flexibility index (Phi) is 4.52. The number of benzene rings is 2. The van der Waals surface area contributed by atoms with Crippen molar-refractivity contribution in [2.75, 3.05) is 24.0 Å². The number of nitrogens with one attached hydrogen (secondary N) is 1. The molecule has 0 atom stereocenters. The summed E-state index contributed by atoms with van der Waals surface area (Å²) in [5.41, 5.74) is 8.40. The number of rotatable bonds is 4. The molecule has 6 nitrogen and oxygen atoms in total. The lowest BCUT2D eigenvalue weighted by atomic mass is 10.1. The van der Waals surface area contributed by atoms with Gasteiger partial charge in [-0.05, 0) is 47.8 Å². The first-order chi connectivity index (χ1) is 13.2. The van der Waals surface area contributed by atoms with Gasteiger partial charge in [-0.3, -0.25) is 9.79 Å². The van der Waals surface area contributed by atoms with E-state index in [4.69, 9.17) is 10.5 Å². The molecule has 2 heterocycles. The van der Waals surface area contributed by atoms with Crippen LogP contribution in [0.3, 0.4) is 0 Å². The maximum atomic E-state index is 12.5. The fourth-order valence-corrected chi connectivity index (χ4v) is 3.72. The molecular formula is C20H18N4O2S. The van der Waals surface area contributed by atoms with Crippen molar-refractivity contribution in [3.05, 3.63) is 75.4 Å². The molecule has 4 rings (SSSR count). The Bertz CT molecular complexity index is 1110. The van der Waals surface area contributed by atoms with Gasteiger partial charge in [0.25, 0.3) is 5.91 Å². The largest absolute Gasteiger partial charge is 0.496 e. The molecule has 1 aromatic heterocycles. The Labute approximate surface area is 160 Å². The van der Waals surface area contributed by atoms with Crippen LogP contribution in [0.25, 0.3) is 5.82 Å². The second-order valence-corrected chi connectivity index (χ2v) is 6.85. The molecule has 1 amide bonds. The highest BCUT2D eigenvalue weighted by Gasteiger charge is 2.15. The highest BCUT2D eigenvalue weighted by atomic mass is 32.1. The zero-order valence-corrected chi connectivity index (χ0v) is 15.5. The smallest absolute Gasteiger partial charge is 0.259 e. The summed E-state index contributed by atoms with van der Waals surface area (Å²) in [6.07, 6.45) is 0. The highest BCUT2D eigenvalue weighted by molar-refractivity contribution is 7.07. The van der Waals surface area contributed by atoms with Gasteiger partial charge in [-0.25, -0.2) is 0 Å². The molecular weight excluding hydrogens is 360 g/mol. The number of nitrogens with zero attached hydrogens (tertiary/aromatic N) is 2. The number of para-hydroxylation sites is 1. The second kappa shape index (κ2) is 7.13. The molecule has 0 saturated heterocycles. The van der Waals surface area contributed by atoms with E-state index in [1.165, 1.54) is 0 Å².